The van der Waals surface area contributed by atoms with Gasteiger partial charge in [0.2, 0.25) is 5.91 Å². The van der Waals surface area contributed by atoms with Gasteiger partial charge in [0.15, 0.2) is 0 Å². The van der Waals surface area contributed by atoms with Crippen molar-refractivity contribution in [2.75, 3.05) is 6.54 Å². The standard InChI is InChI=1S/C6H6.C3H4N2O2/c1-2-4-6-5-3-1;6-2-1-4-3(7)5-2/h1-6H;1H2,(H2,4,5,6,7). The Hall–Kier alpha value is -1.84. The Morgan fingerprint density at radius 1 is 0.923 bits per heavy atom. The molecule has 3 amide bonds. The first-order valence-corrected chi connectivity index (χ1v) is 3.87. The molecule has 1 aliphatic rings. The van der Waals surface area contributed by atoms with E-state index in [0.717, 1.165) is 0 Å². The number of benzene rings is 1. The summed E-state index contributed by atoms with van der Waals surface area (Å²) in [6, 6.07) is 11.6. The number of carbonyl (C=O) groups is 2. The van der Waals surface area contributed by atoms with Crippen LogP contribution in [-0.4, -0.2) is 18.5 Å². The predicted octanol–water partition coefficient (Wildman–Crippen LogP) is 0.512. The molecule has 4 nitrogen and oxygen atoms in total. The minimum Gasteiger partial charge on any atom is -0.329 e. The van der Waals surface area contributed by atoms with E-state index in [1.54, 1.807) is 0 Å². The maximum atomic E-state index is 10.1. The van der Waals surface area contributed by atoms with Crippen LogP contribution in [0.2, 0.25) is 0 Å². The van der Waals surface area contributed by atoms with Crippen molar-refractivity contribution in [1.29, 1.82) is 0 Å². The van der Waals surface area contributed by atoms with E-state index in [1.165, 1.54) is 0 Å². The lowest BCUT2D eigenvalue weighted by molar-refractivity contribution is -0.117. The molecule has 1 heterocycles. The number of rotatable bonds is 0. The third-order valence-electron chi connectivity index (χ3n) is 1.33. The van der Waals surface area contributed by atoms with E-state index in [-0.39, 0.29) is 12.5 Å². The van der Waals surface area contributed by atoms with Crippen molar-refractivity contribution in [1.82, 2.24) is 10.6 Å². The van der Waals surface area contributed by atoms with Gasteiger partial charge in [0.05, 0.1) is 6.54 Å². The van der Waals surface area contributed by atoms with Gasteiger partial charge >= 0.3 is 6.03 Å². The van der Waals surface area contributed by atoms with Gasteiger partial charge in [0.1, 0.15) is 0 Å². The number of imide groups is 1. The number of amides is 3. The minimum atomic E-state index is -0.398. The van der Waals surface area contributed by atoms with E-state index in [2.05, 4.69) is 5.32 Å². The van der Waals surface area contributed by atoms with Crippen LogP contribution in [-0.2, 0) is 4.79 Å². The van der Waals surface area contributed by atoms with E-state index >= 15 is 0 Å². The number of carbonyl (C=O) groups excluding carboxylic acids is 2. The van der Waals surface area contributed by atoms with Crippen LogP contribution in [0.25, 0.3) is 0 Å². The zero-order valence-corrected chi connectivity index (χ0v) is 6.99. The number of hydrogen-bond donors (Lipinski definition) is 2. The summed E-state index contributed by atoms with van der Waals surface area (Å²) in [4.78, 5) is 20.1. The summed E-state index contributed by atoms with van der Waals surface area (Å²) in [5.41, 5.74) is 0. The third kappa shape index (κ3) is 3.91. The van der Waals surface area contributed by atoms with Gasteiger partial charge in [0, 0.05) is 0 Å². The fraction of sp³-hybridized carbons (Fsp3) is 0.111. The molecule has 0 radical (unpaired) electrons. The molecule has 0 spiro atoms. The highest BCUT2D eigenvalue weighted by Gasteiger charge is 2.14. The Kier molecular flexibility index (Phi) is 3.50. The molecule has 4 heteroatoms. The van der Waals surface area contributed by atoms with Crippen LogP contribution in [0.15, 0.2) is 36.4 Å². The van der Waals surface area contributed by atoms with E-state index < -0.39 is 6.03 Å². The van der Waals surface area contributed by atoms with Crippen LogP contribution < -0.4 is 10.6 Å². The van der Waals surface area contributed by atoms with Gasteiger partial charge in [-0.1, -0.05) is 36.4 Å². The van der Waals surface area contributed by atoms with Gasteiger partial charge in [0.25, 0.3) is 0 Å². The van der Waals surface area contributed by atoms with Crippen molar-refractivity contribution in [3.05, 3.63) is 36.4 Å². The number of nitrogens with one attached hydrogen (secondary N) is 2. The molecule has 1 fully saturated rings. The molecule has 1 aliphatic heterocycles. The summed E-state index contributed by atoms with van der Waals surface area (Å²) in [5, 5.41) is 4.30. The lowest BCUT2D eigenvalue weighted by Crippen LogP contribution is -2.22. The second-order valence-electron chi connectivity index (χ2n) is 2.39. The van der Waals surface area contributed by atoms with Crippen LogP contribution in [0.1, 0.15) is 0 Å². The number of hydrogen-bond acceptors (Lipinski definition) is 2. The topological polar surface area (TPSA) is 58.2 Å². The molecule has 1 saturated heterocycles. The van der Waals surface area contributed by atoms with Gasteiger partial charge in [-0.15, -0.1) is 0 Å². The first-order valence-electron chi connectivity index (χ1n) is 3.87. The summed E-state index contributed by atoms with van der Waals surface area (Å²) in [6.07, 6.45) is 0. The fourth-order valence-corrected chi connectivity index (χ4v) is 0.760. The van der Waals surface area contributed by atoms with Gasteiger partial charge in [-0.2, -0.15) is 0 Å². The molecule has 0 aromatic heterocycles. The summed E-state index contributed by atoms with van der Waals surface area (Å²) in [7, 11) is 0. The Balaban J connectivity index is 0.000000132. The van der Waals surface area contributed by atoms with Crippen LogP contribution in [0.4, 0.5) is 4.79 Å². The molecule has 13 heavy (non-hydrogen) atoms. The molecule has 0 saturated carbocycles. The average molecular weight is 178 g/mol. The highest BCUT2D eigenvalue weighted by atomic mass is 16.2. The quantitative estimate of drug-likeness (QED) is 0.569. The van der Waals surface area contributed by atoms with E-state index in [1.807, 2.05) is 41.7 Å². The summed E-state index contributed by atoms with van der Waals surface area (Å²) in [6.45, 7) is 0.124. The molecule has 2 rings (SSSR count). The smallest absolute Gasteiger partial charge is 0.321 e. The molecule has 0 aliphatic carbocycles. The second kappa shape index (κ2) is 4.92. The summed E-state index contributed by atoms with van der Waals surface area (Å²) in [5.74, 6) is -0.259. The van der Waals surface area contributed by atoms with Crippen molar-refractivity contribution >= 4 is 11.9 Å². The molecule has 2 N–H and O–H groups in total. The first-order chi connectivity index (χ1) is 6.29. The second-order valence-corrected chi connectivity index (χ2v) is 2.39. The molecule has 0 bridgehead atoms. The Bertz CT molecular complexity index is 244. The molecule has 68 valence electrons. The summed E-state index contributed by atoms with van der Waals surface area (Å²) >= 11 is 0. The van der Waals surface area contributed by atoms with Crippen molar-refractivity contribution in [3.63, 3.8) is 0 Å². The van der Waals surface area contributed by atoms with Crippen LogP contribution in [0, 0.1) is 0 Å². The van der Waals surface area contributed by atoms with Gasteiger partial charge < -0.3 is 5.32 Å². The maximum Gasteiger partial charge on any atom is 0.321 e. The zero-order chi connectivity index (χ0) is 9.52. The predicted molar refractivity (Wildman–Crippen MR) is 48.0 cm³/mol. The molecular formula is C9H10N2O2. The Morgan fingerprint density at radius 3 is 1.54 bits per heavy atom. The van der Waals surface area contributed by atoms with Crippen LogP contribution >= 0.6 is 0 Å². The van der Waals surface area contributed by atoms with Gasteiger partial charge in [-0.05, 0) is 0 Å². The van der Waals surface area contributed by atoms with Crippen molar-refractivity contribution < 1.29 is 9.59 Å². The first kappa shape index (κ1) is 9.25. The maximum absolute atomic E-state index is 10.1. The Morgan fingerprint density at radius 2 is 1.38 bits per heavy atom. The Labute approximate surface area is 75.9 Å². The third-order valence-corrected chi connectivity index (χ3v) is 1.33. The van der Waals surface area contributed by atoms with E-state index in [0.29, 0.717) is 0 Å². The lowest BCUT2D eigenvalue weighted by Gasteiger charge is -1.78. The van der Waals surface area contributed by atoms with E-state index in [9.17, 15) is 9.59 Å². The van der Waals surface area contributed by atoms with Crippen molar-refractivity contribution in [3.8, 4) is 0 Å². The number of urea groups is 1. The highest BCUT2D eigenvalue weighted by Crippen LogP contribution is 1.79. The normalized spacial score (nSPS) is 13.8. The molecule has 1 aromatic carbocycles. The molecular weight excluding hydrogens is 168 g/mol. The lowest BCUT2D eigenvalue weighted by atomic mass is 10.4. The van der Waals surface area contributed by atoms with Gasteiger partial charge in [-0.3, -0.25) is 10.1 Å². The van der Waals surface area contributed by atoms with Crippen LogP contribution in [0.3, 0.4) is 0 Å². The molecule has 0 atom stereocenters. The molecule has 0 unspecified atom stereocenters. The average Bonchev–Trinajstić information content (AvgIpc) is 2.54. The van der Waals surface area contributed by atoms with Crippen LogP contribution in [0.5, 0.6) is 0 Å². The summed E-state index contributed by atoms with van der Waals surface area (Å²) < 4.78 is 0. The molecule has 1 aromatic rings. The van der Waals surface area contributed by atoms with Crippen molar-refractivity contribution in [2.45, 2.75) is 0 Å². The zero-order valence-electron chi connectivity index (χ0n) is 6.99. The monoisotopic (exact) mass is 178 g/mol. The van der Waals surface area contributed by atoms with E-state index in [4.69, 9.17) is 0 Å². The van der Waals surface area contributed by atoms with Crippen molar-refractivity contribution in [2.24, 2.45) is 0 Å². The highest BCUT2D eigenvalue weighted by molar-refractivity contribution is 6.01. The SMILES string of the molecule is O=C1CNC(=O)N1.c1ccccc1. The largest absolute Gasteiger partial charge is 0.329 e. The fourth-order valence-electron chi connectivity index (χ4n) is 0.760. The minimum absolute atomic E-state index is 0.124. The van der Waals surface area contributed by atoms with Gasteiger partial charge in [-0.25, -0.2) is 4.79 Å².